The van der Waals surface area contributed by atoms with Gasteiger partial charge in [-0.3, -0.25) is 4.79 Å². The quantitative estimate of drug-likeness (QED) is 0.504. The summed E-state index contributed by atoms with van der Waals surface area (Å²) in [6, 6.07) is 0. The first-order chi connectivity index (χ1) is 5.22. The van der Waals surface area contributed by atoms with Crippen molar-refractivity contribution in [2.45, 2.75) is 26.7 Å². The maximum absolute atomic E-state index is 11.1. The molecule has 0 heterocycles. The van der Waals surface area contributed by atoms with Crippen molar-refractivity contribution in [2.75, 3.05) is 12.4 Å². The molecule has 0 saturated heterocycles. The van der Waals surface area contributed by atoms with Gasteiger partial charge in [-0.25, -0.2) is 0 Å². The second-order valence-corrected chi connectivity index (χ2v) is 3.02. The molecule has 0 spiro atoms. The molecule has 0 aliphatic rings. The zero-order chi connectivity index (χ0) is 8.69. The molecule has 1 N–H and O–H groups in total. The van der Waals surface area contributed by atoms with Crippen LogP contribution in [0.1, 0.15) is 26.7 Å². The molecule has 3 heteroatoms. The first-order valence-corrected chi connectivity index (χ1v) is 4.59. The molecule has 2 nitrogen and oxygen atoms in total. The summed E-state index contributed by atoms with van der Waals surface area (Å²) in [4.78, 5) is 11.1. The van der Waals surface area contributed by atoms with Gasteiger partial charge in [-0.05, 0) is 12.8 Å². The fourth-order valence-corrected chi connectivity index (χ4v) is 0.772. The largest absolute Gasteiger partial charge is 0.356 e. The summed E-state index contributed by atoms with van der Waals surface area (Å²) in [6.45, 7) is 4.63. The lowest BCUT2D eigenvalue weighted by molar-refractivity contribution is -0.124. The lowest BCUT2D eigenvalue weighted by Crippen LogP contribution is -2.29. The molecule has 0 saturated carbocycles. The third-order valence-electron chi connectivity index (χ3n) is 1.67. The Hall–Kier alpha value is -0.240. The number of carbonyl (C=O) groups excluding carboxylic acids is 1. The Morgan fingerprint density at radius 3 is 2.73 bits per heavy atom. The number of nitrogens with one attached hydrogen (secondary N) is 1. The van der Waals surface area contributed by atoms with Crippen LogP contribution in [0.5, 0.6) is 0 Å². The maximum Gasteiger partial charge on any atom is 0.222 e. The molecule has 0 aliphatic carbocycles. The minimum absolute atomic E-state index is 0.130. The highest BCUT2D eigenvalue weighted by atomic mass is 35.5. The third kappa shape index (κ3) is 5.08. The van der Waals surface area contributed by atoms with Crippen molar-refractivity contribution in [1.82, 2.24) is 5.32 Å². The molecule has 1 atom stereocenters. The van der Waals surface area contributed by atoms with Crippen molar-refractivity contribution >= 4 is 17.5 Å². The highest BCUT2D eigenvalue weighted by Gasteiger charge is 2.08. The van der Waals surface area contributed by atoms with Crippen LogP contribution in [0.25, 0.3) is 0 Å². The Labute approximate surface area is 73.3 Å². The zero-order valence-corrected chi connectivity index (χ0v) is 7.95. The van der Waals surface area contributed by atoms with Crippen LogP contribution in [-0.4, -0.2) is 18.3 Å². The predicted molar refractivity (Wildman–Crippen MR) is 47.8 cm³/mol. The lowest BCUT2D eigenvalue weighted by Gasteiger charge is -2.08. The third-order valence-corrected chi connectivity index (χ3v) is 1.94. The van der Waals surface area contributed by atoms with E-state index in [4.69, 9.17) is 11.6 Å². The van der Waals surface area contributed by atoms with Crippen LogP contribution in [0.3, 0.4) is 0 Å². The summed E-state index contributed by atoms with van der Waals surface area (Å²) in [5, 5.41) is 2.81. The SMILES string of the molecule is CCC(C)C(=O)NCCCCl. The van der Waals surface area contributed by atoms with Crippen LogP contribution in [-0.2, 0) is 4.79 Å². The van der Waals surface area contributed by atoms with E-state index in [-0.39, 0.29) is 11.8 Å². The van der Waals surface area contributed by atoms with Gasteiger partial charge in [0.1, 0.15) is 0 Å². The average Bonchev–Trinajstić information content (AvgIpc) is 2.03. The molecular weight excluding hydrogens is 162 g/mol. The van der Waals surface area contributed by atoms with Gasteiger partial charge in [0.05, 0.1) is 0 Å². The Morgan fingerprint density at radius 2 is 2.27 bits per heavy atom. The smallest absolute Gasteiger partial charge is 0.222 e. The van der Waals surface area contributed by atoms with Gasteiger partial charge in [0.25, 0.3) is 0 Å². The van der Waals surface area contributed by atoms with Gasteiger partial charge in [-0.15, -0.1) is 11.6 Å². The minimum atomic E-state index is 0.130. The summed E-state index contributed by atoms with van der Waals surface area (Å²) >= 11 is 5.45. The lowest BCUT2D eigenvalue weighted by atomic mass is 10.1. The second kappa shape index (κ2) is 6.47. The molecule has 0 aromatic rings. The highest BCUT2D eigenvalue weighted by Crippen LogP contribution is 1.99. The molecule has 0 fully saturated rings. The van der Waals surface area contributed by atoms with Crippen molar-refractivity contribution < 1.29 is 4.79 Å². The van der Waals surface area contributed by atoms with Crippen LogP contribution >= 0.6 is 11.6 Å². The average molecular weight is 178 g/mol. The van der Waals surface area contributed by atoms with Gasteiger partial charge in [0.15, 0.2) is 0 Å². The number of rotatable bonds is 5. The summed E-state index contributed by atoms with van der Waals surface area (Å²) in [5.41, 5.74) is 0. The molecule has 0 aromatic carbocycles. The molecule has 1 amide bonds. The Bertz CT molecular complexity index is 117. The molecule has 11 heavy (non-hydrogen) atoms. The van der Waals surface area contributed by atoms with E-state index in [9.17, 15) is 4.79 Å². The van der Waals surface area contributed by atoms with Crippen molar-refractivity contribution in [3.8, 4) is 0 Å². The van der Waals surface area contributed by atoms with E-state index >= 15 is 0 Å². The van der Waals surface area contributed by atoms with Crippen LogP contribution in [0.4, 0.5) is 0 Å². The van der Waals surface area contributed by atoms with E-state index in [2.05, 4.69) is 5.32 Å². The molecule has 66 valence electrons. The van der Waals surface area contributed by atoms with Gasteiger partial charge in [0, 0.05) is 18.3 Å². The fraction of sp³-hybridized carbons (Fsp3) is 0.875. The first-order valence-electron chi connectivity index (χ1n) is 4.06. The van der Waals surface area contributed by atoms with Crippen LogP contribution in [0, 0.1) is 5.92 Å². The van der Waals surface area contributed by atoms with Crippen LogP contribution in [0.15, 0.2) is 0 Å². The second-order valence-electron chi connectivity index (χ2n) is 2.64. The molecule has 0 rings (SSSR count). The van der Waals surface area contributed by atoms with Crippen molar-refractivity contribution in [3.05, 3.63) is 0 Å². The normalized spacial score (nSPS) is 12.6. The van der Waals surface area contributed by atoms with E-state index in [0.717, 1.165) is 12.8 Å². The number of carbonyl (C=O) groups is 1. The van der Waals surface area contributed by atoms with Gasteiger partial charge >= 0.3 is 0 Å². The monoisotopic (exact) mass is 177 g/mol. The van der Waals surface area contributed by atoms with Crippen molar-refractivity contribution in [1.29, 1.82) is 0 Å². The topological polar surface area (TPSA) is 29.1 Å². The number of alkyl halides is 1. The Morgan fingerprint density at radius 1 is 1.64 bits per heavy atom. The predicted octanol–water partition coefficient (Wildman–Crippen LogP) is 1.78. The summed E-state index contributed by atoms with van der Waals surface area (Å²) in [5.74, 6) is 0.879. The van der Waals surface area contributed by atoms with Gasteiger partial charge in [-0.2, -0.15) is 0 Å². The maximum atomic E-state index is 11.1. The standard InChI is InChI=1S/C8H16ClNO/c1-3-7(2)8(11)10-6-4-5-9/h7H,3-6H2,1-2H3,(H,10,11). The van der Waals surface area contributed by atoms with E-state index < -0.39 is 0 Å². The van der Waals surface area contributed by atoms with Gasteiger partial charge < -0.3 is 5.32 Å². The van der Waals surface area contributed by atoms with E-state index in [0.29, 0.717) is 12.4 Å². The van der Waals surface area contributed by atoms with Gasteiger partial charge in [-0.1, -0.05) is 13.8 Å². The van der Waals surface area contributed by atoms with E-state index in [1.807, 2.05) is 13.8 Å². The molecule has 0 aliphatic heterocycles. The molecule has 0 radical (unpaired) electrons. The Kier molecular flexibility index (Phi) is 6.33. The summed E-state index contributed by atoms with van der Waals surface area (Å²) in [6.07, 6.45) is 1.75. The number of halogens is 1. The number of amides is 1. The zero-order valence-electron chi connectivity index (χ0n) is 7.19. The Balaban J connectivity index is 3.36. The van der Waals surface area contributed by atoms with Crippen molar-refractivity contribution in [3.63, 3.8) is 0 Å². The van der Waals surface area contributed by atoms with E-state index in [1.165, 1.54) is 0 Å². The van der Waals surface area contributed by atoms with Crippen molar-refractivity contribution in [2.24, 2.45) is 5.92 Å². The van der Waals surface area contributed by atoms with Gasteiger partial charge in [0.2, 0.25) is 5.91 Å². The molecule has 0 aromatic heterocycles. The molecule has 0 bridgehead atoms. The highest BCUT2D eigenvalue weighted by molar-refractivity contribution is 6.17. The molecule has 1 unspecified atom stereocenters. The van der Waals surface area contributed by atoms with E-state index in [1.54, 1.807) is 0 Å². The summed E-state index contributed by atoms with van der Waals surface area (Å²) < 4.78 is 0. The minimum Gasteiger partial charge on any atom is -0.356 e. The molecular formula is C8H16ClNO. The number of hydrogen-bond donors (Lipinski definition) is 1. The summed E-state index contributed by atoms with van der Waals surface area (Å²) in [7, 11) is 0. The number of hydrogen-bond acceptors (Lipinski definition) is 1. The van der Waals surface area contributed by atoms with Crippen LogP contribution < -0.4 is 5.32 Å². The first kappa shape index (κ1) is 10.8. The fourth-order valence-electron chi connectivity index (χ4n) is 0.638. The van der Waals surface area contributed by atoms with Crippen LogP contribution in [0.2, 0.25) is 0 Å².